The Morgan fingerprint density at radius 2 is 2.06 bits per heavy atom. The van der Waals surface area contributed by atoms with Gasteiger partial charge in [-0.2, -0.15) is 0 Å². The summed E-state index contributed by atoms with van der Waals surface area (Å²) in [4.78, 5) is 0. The van der Waals surface area contributed by atoms with Gasteiger partial charge in [0, 0.05) is 30.2 Å². The molecule has 0 saturated carbocycles. The number of ether oxygens (including phenoxy) is 1. The van der Waals surface area contributed by atoms with E-state index in [1.54, 1.807) is 0 Å². The second-order valence-electron chi connectivity index (χ2n) is 4.49. The summed E-state index contributed by atoms with van der Waals surface area (Å²) >= 11 is 0. The zero-order valence-electron chi connectivity index (χ0n) is 10.5. The lowest BCUT2D eigenvalue weighted by molar-refractivity contribution is 0.0733. The Balaban J connectivity index is 2.22. The minimum atomic E-state index is 0.283. The molecule has 0 spiro atoms. The summed E-state index contributed by atoms with van der Waals surface area (Å²) in [6.45, 7) is 6.30. The molecule has 0 aliphatic rings. The minimum Gasteiger partial charge on any atom is -0.377 e. The van der Waals surface area contributed by atoms with Gasteiger partial charge in [0.05, 0.1) is 12.7 Å². The molecule has 1 aromatic carbocycles. The zero-order valence-corrected chi connectivity index (χ0v) is 10.5. The summed E-state index contributed by atoms with van der Waals surface area (Å²) in [5, 5.41) is 1.25. The molecule has 1 aromatic heterocycles. The van der Waals surface area contributed by atoms with Crippen molar-refractivity contribution in [2.75, 3.05) is 6.61 Å². The van der Waals surface area contributed by atoms with Gasteiger partial charge in [-0.25, -0.2) is 0 Å². The first kappa shape index (κ1) is 12.1. The number of para-hydroxylation sites is 1. The second kappa shape index (κ2) is 5.34. The van der Waals surface area contributed by atoms with Crippen LogP contribution in [0.2, 0.25) is 0 Å². The molecular formula is C14H20N2O. The van der Waals surface area contributed by atoms with Crippen LogP contribution in [-0.2, 0) is 17.8 Å². The Hall–Kier alpha value is -1.32. The highest BCUT2D eigenvalue weighted by Gasteiger charge is 2.06. The Kier molecular flexibility index (Phi) is 3.82. The topological polar surface area (TPSA) is 40.2 Å². The van der Waals surface area contributed by atoms with Gasteiger partial charge in [-0.05, 0) is 25.5 Å². The number of hydrogen-bond donors (Lipinski definition) is 1. The molecule has 0 radical (unpaired) electrons. The predicted octanol–water partition coefficient (Wildman–Crippen LogP) is 2.53. The third-order valence-electron chi connectivity index (χ3n) is 2.87. The smallest absolute Gasteiger partial charge is 0.0649 e. The van der Waals surface area contributed by atoms with Gasteiger partial charge in [0.2, 0.25) is 0 Å². The summed E-state index contributed by atoms with van der Waals surface area (Å²) < 4.78 is 7.81. The van der Waals surface area contributed by atoms with E-state index in [0.717, 1.165) is 13.2 Å². The van der Waals surface area contributed by atoms with E-state index < -0.39 is 0 Å². The van der Waals surface area contributed by atoms with E-state index in [9.17, 15) is 0 Å². The number of aromatic nitrogens is 1. The maximum atomic E-state index is 5.76. The van der Waals surface area contributed by atoms with Crippen molar-refractivity contribution < 1.29 is 4.74 Å². The normalized spacial score (nSPS) is 11.5. The van der Waals surface area contributed by atoms with Crippen LogP contribution >= 0.6 is 0 Å². The quantitative estimate of drug-likeness (QED) is 0.860. The number of nitrogens with two attached hydrogens (primary N) is 1. The first-order chi connectivity index (χ1) is 8.22. The van der Waals surface area contributed by atoms with E-state index in [0.29, 0.717) is 6.54 Å². The summed E-state index contributed by atoms with van der Waals surface area (Å²) in [6, 6.07) is 8.36. The van der Waals surface area contributed by atoms with Gasteiger partial charge < -0.3 is 15.0 Å². The zero-order chi connectivity index (χ0) is 12.3. The maximum absolute atomic E-state index is 5.76. The Bertz CT molecular complexity index is 488. The molecule has 0 atom stereocenters. The fourth-order valence-electron chi connectivity index (χ4n) is 2.06. The lowest BCUT2D eigenvalue weighted by Crippen LogP contribution is -2.09. The van der Waals surface area contributed by atoms with Crippen molar-refractivity contribution in [2.24, 2.45) is 5.73 Å². The molecule has 3 heteroatoms. The Labute approximate surface area is 102 Å². The van der Waals surface area contributed by atoms with Crippen molar-refractivity contribution in [3.63, 3.8) is 0 Å². The molecule has 2 aromatic rings. The highest BCUT2D eigenvalue weighted by atomic mass is 16.5. The molecule has 2 rings (SSSR count). The van der Waals surface area contributed by atoms with E-state index >= 15 is 0 Å². The highest BCUT2D eigenvalue weighted by Crippen LogP contribution is 2.20. The molecule has 92 valence electrons. The second-order valence-corrected chi connectivity index (χ2v) is 4.49. The third-order valence-corrected chi connectivity index (χ3v) is 2.87. The van der Waals surface area contributed by atoms with Gasteiger partial charge in [0.25, 0.3) is 0 Å². The predicted molar refractivity (Wildman–Crippen MR) is 70.9 cm³/mol. The van der Waals surface area contributed by atoms with Crippen LogP contribution in [0.1, 0.15) is 19.4 Å². The summed E-state index contributed by atoms with van der Waals surface area (Å²) in [5.74, 6) is 0. The average Bonchev–Trinajstić information content (AvgIpc) is 2.68. The Morgan fingerprint density at radius 1 is 1.29 bits per heavy atom. The molecule has 0 unspecified atom stereocenters. The lowest BCUT2D eigenvalue weighted by atomic mass is 10.2. The maximum Gasteiger partial charge on any atom is 0.0649 e. The lowest BCUT2D eigenvalue weighted by Gasteiger charge is -2.09. The third kappa shape index (κ3) is 2.68. The number of benzene rings is 1. The summed E-state index contributed by atoms with van der Waals surface area (Å²) in [7, 11) is 0. The van der Waals surface area contributed by atoms with Crippen LogP contribution in [0.15, 0.2) is 30.5 Å². The van der Waals surface area contributed by atoms with Crippen LogP contribution in [-0.4, -0.2) is 17.3 Å². The molecule has 0 amide bonds. The first-order valence-electron chi connectivity index (χ1n) is 6.10. The standard InChI is InChI=1S/C14H20N2O/c1-11(2)17-8-7-16-10-12(9-15)13-5-3-4-6-14(13)16/h3-6,10-11H,7-9,15H2,1-2H3. The molecule has 3 nitrogen and oxygen atoms in total. The molecule has 17 heavy (non-hydrogen) atoms. The Morgan fingerprint density at radius 3 is 2.76 bits per heavy atom. The molecule has 0 saturated heterocycles. The largest absolute Gasteiger partial charge is 0.377 e. The monoisotopic (exact) mass is 232 g/mol. The minimum absolute atomic E-state index is 0.283. The molecule has 0 bridgehead atoms. The van der Waals surface area contributed by atoms with E-state index in [1.165, 1.54) is 16.5 Å². The van der Waals surface area contributed by atoms with Gasteiger partial charge in [-0.3, -0.25) is 0 Å². The molecule has 0 aliphatic heterocycles. The van der Waals surface area contributed by atoms with Gasteiger partial charge in [0.1, 0.15) is 0 Å². The van der Waals surface area contributed by atoms with Crippen LogP contribution in [0.4, 0.5) is 0 Å². The fraction of sp³-hybridized carbons (Fsp3) is 0.429. The van der Waals surface area contributed by atoms with E-state index in [-0.39, 0.29) is 6.10 Å². The van der Waals surface area contributed by atoms with Crippen LogP contribution in [0.3, 0.4) is 0 Å². The summed E-state index contributed by atoms with van der Waals surface area (Å²) in [5.41, 5.74) is 8.20. The number of rotatable bonds is 5. The van der Waals surface area contributed by atoms with E-state index in [2.05, 4.69) is 48.9 Å². The number of nitrogens with zero attached hydrogens (tertiary/aromatic N) is 1. The molecular weight excluding hydrogens is 212 g/mol. The summed E-state index contributed by atoms with van der Waals surface area (Å²) in [6.07, 6.45) is 2.42. The van der Waals surface area contributed by atoms with Crippen LogP contribution in [0.25, 0.3) is 10.9 Å². The average molecular weight is 232 g/mol. The number of fused-ring (bicyclic) bond motifs is 1. The van der Waals surface area contributed by atoms with Crippen molar-refractivity contribution >= 4 is 10.9 Å². The van der Waals surface area contributed by atoms with Gasteiger partial charge in [0.15, 0.2) is 0 Å². The van der Waals surface area contributed by atoms with Gasteiger partial charge in [-0.15, -0.1) is 0 Å². The molecule has 1 heterocycles. The first-order valence-corrected chi connectivity index (χ1v) is 6.10. The molecule has 2 N–H and O–H groups in total. The van der Waals surface area contributed by atoms with Gasteiger partial charge >= 0.3 is 0 Å². The number of hydrogen-bond acceptors (Lipinski definition) is 2. The highest BCUT2D eigenvalue weighted by molar-refractivity contribution is 5.83. The van der Waals surface area contributed by atoms with Crippen LogP contribution in [0.5, 0.6) is 0 Å². The van der Waals surface area contributed by atoms with E-state index in [1.807, 2.05) is 0 Å². The van der Waals surface area contributed by atoms with Crippen molar-refractivity contribution in [3.05, 3.63) is 36.0 Å². The van der Waals surface area contributed by atoms with Crippen molar-refractivity contribution in [1.29, 1.82) is 0 Å². The van der Waals surface area contributed by atoms with Crippen molar-refractivity contribution in [3.8, 4) is 0 Å². The van der Waals surface area contributed by atoms with Crippen LogP contribution in [0, 0.1) is 0 Å². The van der Waals surface area contributed by atoms with E-state index in [4.69, 9.17) is 10.5 Å². The van der Waals surface area contributed by atoms with Crippen molar-refractivity contribution in [1.82, 2.24) is 4.57 Å². The fourth-order valence-corrected chi connectivity index (χ4v) is 2.06. The van der Waals surface area contributed by atoms with Crippen molar-refractivity contribution in [2.45, 2.75) is 33.0 Å². The molecule has 0 fully saturated rings. The molecule has 0 aliphatic carbocycles. The SMILES string of the molecule is CC(C)OCCn1cc(CN)c2ccccc21. The van der Waals surface area contributed by atoms with Crippen LogP contribution < -0.4 is 5.73 Å². The van der Waals surface area contributed by atoms with Gasteiger partial charge in [-0.1, -0.05) is 18.2 Å².